The number of likely N-dealkylation sites (tertiary alicyclic amines) is 1. The standard InChI is InChI=1S/C20H32N2O3/c1-16(2)20(23)21-14-17-6-4-11-22(15-17)12-5-13-25-19-9-7-18(24-3)8-10-19/h7-10,16-17H,4-6,11-15H2,1-3H3,(H,21,23)/t17-/m1/s1. The van der Waals surface area contributed by atoms with E-state index in [0.717, 1.165) is 50.7 Å². The minimum atomic E-state index is 0.0646. The number of hydrogen-bond acceptors (Lipinski definition) is 4. The minimum Gasteiger partial charge on any atom is -0.497 e. The van der Waals surface area contributed by atoms with Crippen molar-refractivity contribution in [3.63, 3.8) is 0 Å². The van der Waals surface area contributed by atoms with Crippen LogP contribution in [0.15, 0.2) is 24.3 Å². The Labute approximate surface area is 151 Å². The molecule has 1 aromatic rings. The lowest BCUT2D eigenvalue weighted by molar-refractivity contribution is -0.124. The third-order valence-electron chi connectivity index (χ3n) is 4.64. The molecular formula is C20H32N2O3. The summed E-state index contributed by atoms with van der Waals surface area (Å²) in [5.74, 6) is 2.52. The van der Waals surface area contributed by atoms with Crippen molar-refractivity contribution in [2.75, 3.05) is 39.9 Å². The van der Waals surface area contributed by atoms with Crippen LogP contribution in [-0.4, -0.2) is 50.7 Å². The normalized spacial score (nSPS) is 18.2. The van der Waals surface area contributed by atoms with Crippen molar-refractivity contribution in [3.8, 4) is 11.5 Å². The first-order valence-electron chi connectivity index (χ1n) is 9.35. The maximum atomic E-state index is 11.7. The summed E-state index contributed by atoms with van der Waals surface area (Å²) in [6.07, 6.45) is 3.43. The van der Waals surface area contributed by atoms with Crippen molar-refractivity contribution in [2.24, 2.45) is 11.8 Å². The highest BCUT2D eigenvalue weighted by Crippen LogP contribution is 2.18. The zero-order chi connectivity index (χ0) is 18.1. The number of hydrogen-bond donors (Lipinski definition) is 1. The number of piperidine rings is 1. The van der Waals surface area contributed by atoms with Crippen LogP contribution in [0, 0.1) is 11.8 Å². The van der Waals surface area contributed by atoms with Crippen LogP contribution in [0.25, 0.3) is 0 Å². The molecule has 1 saturated heterocycles. The predicted molar refractivity (Wildman–Crippen MR) is 100 cm³/mol. The Morgan fingerprint density at radius 2 is 2.00 bits per heavy atom. The highest BCUT2D eigenvalue weighted by molar-refractivity contribution is 5.77. The lowest BCUT2D eigenvalue weighted by Crippen LogP contribution is -2.42. The zero-order valence-corrected chi connectivity index (χ0v) is 15.8. The van der Waals surface area contributed by atoms with Crippen LogP contribution in [0.5, 0.6) is 11.5 Å². The average molecular weight is 348 g/mol. The summed E-state index contributed by atoms with van der Waals surface area (Å²) in [5.41, 5.74) is 0. The molecule has 25 heavy (non-hydrogen) atoms. The van der Waals surface area contributed by atoms with E-state index in [1.54, 1.807) is 7.11 Å². The summed E-state index contributed by atoms with van der Waals surface area (Å²) in [5, 5.41) is 3.07. The number of benzene rings is 1. The lowest BCUT2D eigenvalue weighted by Gasteiger charge is -2.32. The molecule has 5 nitrogen and oxygen atoms in total. The summed E-state index contributed by atoms with van der Waals surface area (Å²) in [6.45, 7) is 8.66. The van der Waals surface area contributed by atoms with E-state index in [1.165, 1.54) is 12.8 Å². The Hall–Kier alpha value is -1.75. The molecule has 0 aromatic heterocycles. The molecule has 1 N–H and O–H groups in total. The van der Waals surface area contributed by atoms with Gasteiger partial charge in [0, 0.05) is 25.6 Å². The van der Waals surface area contributed by atoms with Crippen molar-refractivity contribution in [1.82, 2.24) is 10.2 Å². The first kappa shape index (κ1) is 19.6. The number of nitrogens with one attached hydrogen (secondary N) is 1. The van der Waals surface area contributed by atoms with Crippen molar-refractivity contribution in [2.45, 2.75) is 33.1 Å². The van der Waals surface area contributed by atoms with E-state index >= 15 is 0 Å². The Balaban J connectivity index is 1.62. The molecule has 1 fully saturated rings. The third kappa shape index (κ3) is 6.94. The number of nitrogens with zero attached hydrogens (tertiary/aromatic N) is 1. The van der Waals surface area contributed by atoms with E-state index in [1.807, 2.05) is 38.1 Å². The van der Waals surface area contributed by atoms with Crippen molar-refractivity contribution in [1.29, 1.82) is 0 Å². The van der Waals surface area contributed by atoms with E-state index in [-0.39, 0.29) is 11.8 Å². The molecule has 1 aliphatic rings. The number of carbonyl (C=O) groups excluding carboxylic acids is 1. The third-order valence-corrected chi connectivity index (χ3v) is 4.64. The molecule has 1 heterocycles. The van der Waals surface area contributed by atoms with Crippen LogP contribution < -0.4 is 14.8 Å². The summed E-state index contributed by atoms with van der Waals surface area (Å²) < 4.78 is 10.9. The van der Waals surface area contributed by atoms with Gasteiger partial charge in [0.15, 0.2) is 0 Å². The molecule has 5 heteroatoms. The maximum absolute atomic E-state index is 11.7. The van der Waals surface area contributed by atoms with Gasteiger partial charge < -0.3 is 19.7 Å². The number of rotatable bonds is 9. The largest absolute Gasteiger partial charge is 0.497 e. The van der Waals surface area contributed by atoms with Gasteiger partial charge in [0.2, 0.25) is 5.91 Å². The Morgan fingerprint density at radius 3 is 2.68 bits per heavy atom. The minimum absolute atomic E-state index is 0.0646. The Morgan fingerprint density at radius 1 is 1.28 bits per heavy atom. The molecule has 0 bridgehead atoms. The second-order valence-corrected chi connectivity index (χ2v) is 7.09. The molecule has 1 aromatic carbocycles. The van der Waals surface area contributed by atoms with E-state index in [4.69, 9.17) is 9.47 Å². The fraction of sp³-hybridized carbons (Fsp3) is 0.650. The van der Waals surface area contributed by atoms with Gasteiger partial charge in [-0.05, 0) is 56.0 Å². The van der Waals surface area contributed by atoms with Crippen LogP contribution in [0.1, 0.15) is 33.1 Å². The van der Waals surface area contributed by atoms with Gasteiger partial charge in [-0.3, -0.25) is 4.79 Å². The van der Waals surface area contributed by atoms with Crippen LogP contribution in [0.4, 0.5) is 0 Å². The number of amides is 1. The van der Waals surface area contributed by atoms with Gasteiger partial charge in [-0.2, -0.15) is 0 Å². The zero-order valence-electron chi connectivity index (χ0n) is 15.8. The molecule has 0 unspecified atom stereocenters. The van der Waals surface area contributed by atoms with E-state index in [9.17, 15) is 4.79 Å². The van der Waals surface area contributed by atoms with Gasteiger partial charge in [0.25, 0.3) is 0 Å². The Bertz CT molecular complexity index is 516. The quantitative estimate of drug-likeness (QED) is 0.697. The van der Waals surface area contributed by atoms with Gasteiger partial charge >= 0.3 is 0 Å². The van der Waals surface area contributed by atoms with Crippen LogP contribution in [0.2, 0.25) is 0 Å². The van der Waals surface area contributed by atoms with Gasteiger partial charge in [0.1, 0.15) is 11.5 Å². The molecular weight excluding hydrogens is 316 g/mol. The van der Waals surface area contributed by atoms with Crippen molar-refractivity contribution in [3.05, 3.63) is 24.3 Å². The topological polar surface area (TPSA) is 50.8 Å². The highest BCUT2D eigenvalue weighted by Gasteiger charge is 2.20. The fourth-order valence-corrected chi connectivity index (χ4v) is 3.12. The number of ether oxygens (including phenoxy) is 2. The van der Waals surface area contributed by atoms with Crippen LogP contribution >= 0.6 is 0 Å². The highest BCUT2D eigenvalue weighted by atomic mass is 16.5. The predicted octanol–water partition coefficient (Wildman–Crippen LogP) is 2.95. The van der Waals surface area contributed by atoms with Crippen molar-refractivity contribution >= 4 is 5.91 Å². The maximum Gasteiger partial charge on any atom is 0.222 e. The monoisotopic (exact) mass is 348 g/mol. The summed E-state index contributed by atoms with van der Waals surface area (Å²) in [7, 11) is 1.66. The molecule has 2 rings (SSSR count). The van der Waals surface area contributed by atoms with Gasteiger partial charge in [-0.15, -0.1) is 0 Å². The second-order valence-electron chi connectivity index (χ2n) is 7.09. The lowest BCUT2D eigenvalue weighted by atomic mass is 9.97. The molecule has 0 radical (unpaired) electrons. The van der Waals surface area contributed by atoms with Gasteiger partial charge in [0.05, 0.1) is 13.7 Å². The van der Waals surface area contributed by atoms with E-state index < -0.39 is 0 Å². The molecule has 1 atom stereocenters. The average Bonchev–Trinajstić information content (AvgIpc) is 2.64. The van der Waals surface area contributed by atoms with Crippen LogP contribution in [-0.2, 0) is 4.79 Å². The van der Waals surface area contributed by atoms with Gasteiger partial charge in [-0.25, -0.2) is 0 Å². The first-order valence-corrected chi connectivity index (χ1v) is 9.35. The molecule has 1 amide bonds. The summed E-state index contributed by atoms with van der Waals surface area (Å²) in [4.78, 5) is 14.2. The first-order chi connectivity index (χ1) is 12.1. The molecule has 140 valence electrons. The summed E-state index contributed by atoms with van der Waals surface area (Å²) in [6, 6.07) is 7.70. The number of carbonyl (C=O) groups is 1. The molecule has 0 aliphatic carbocycles. The summed E-state index contributed by atoms with van der Waals surface area (Å²) >= 11 is 0. The second kappa shape index (κ2) is 10.3. The smallest absolute Gasteiger partial charge is 0.222 e. The van der Waals surface area contributed by atoms with Crippen molar-refractivity contribution < 1.29 is 14.3 Å². The molecule has 0 spiro atoms. The number of methoxy groups -OCH3 is 1. The van der Waals surface area contributed by atoms with E-state index in [0.29, 0.717) is 5.92 Å². The van der Waals surface area contributed by atoms with E-state index in [2.05, 4.69) is 10.2 Å². The SMILES string of the molecule is COc1ccc(OCCCN2CCC[C@H](CNC(=O)C(C)C)C2)cc1. The van der Waals surface area contributed by atoms with Crippen LogP contribution in [0.3, 0.4) is 0 Å². The Kier molecular flexibility index (Phi) is 8.06. The molecule has 0 saturated carbocycles. The fourth-order valence-electron chi connectivity index (χ4n) is 3.12. The molecule has 1 aliphatic heterocycles. The van der Waals surface area contributed by atoms with Gasteiger partial charge in [-0.1, -0.05) is 13.8 Å².